The molecule has 0 aliphatic heterocycles. The Kier molecular flexibility index (Phi) is 5.28. The van der Waals surface area contributed by atoms with Crippen LogP contribution in [0.5, 0.6) is 0 Å². The van der Waals surface area contributed by atoms with E-state index in [-0.39, 0.29) is 11.7 Å². The first kappa shape index (κ1) is 15.4. The summed E-state index contributed by atoms with van der Waals surface area (Å²) in [6, 6.07) is 15.4. The molecule has 1 amide bonds. The van der Waals surface area contributed by atoms with Gasteiger partial charge in [0.1, 0.15) is 5.75 Å². The summed E-state index contributed by atoms with van der Waals surface area (Å²) in [6.07, 6.45) is 0. The van der Waals surface area contributed by atoms with Gasteiger partial charge in [-0.05, 0) is 37.1 Å². The summed E-state index contributed by atoms with van der Waals surface area (Å²) >= 11 is 0. The van der Waals surface area contributed by atoms with E-state index in [0.717, 1.165) is 22.4 Å². The predicted octanol–water partition coefficient (Wildman–Crippen LogP) is 3.19. The Balaban J connectivity index is 1.89. The van der Waals surface area contributed by atoms with E-state index in [1.165, 1.54) is 0 Å². The van der Waals surface area contributed by atoms with Crippen LogP contribution >= 0.6 is 0 Å². The molecular formula is C17H19NO2S. The molecule has 0 spiro atoms. The number of amides is 1. The zero-order valence-electron chi connectivity index (χ0n) is 12.3. The standard InChI is InChI=1S/C17H19NO2S/c1-13-7-9-16(10-8-13)18-17(19)12-21(20)11-15-6-4-3-5-14(15)2/h3-10H,11-12H2,1-2H3,(H,18,19). The summed E-state index contributed by atoms with van der Waals surface area (Å²) in [4.78, 5) is 11.9. The van der Waals surface area contributed by atoms with E-state index in [1.54, 1.807) is 0 Å². The maximum Gasteiger partial charge on any atom is 0.237 e. The number of benzene rings is 2. The van der Waals surface area contributed by atoms with Crippen molar-refractivity contribution in [2.24, 2.45) is 0 Å². The molecular weight excluding hydrogens is 282 g/mol. The molecule has 0 heterocycles. The van der Waals surface area contributed by atoms with Gasteiger partial charge in [-0.2, -0.15) is 0 Å². The van der Waals surface area contributed by atoms with Crippen molar-refractivity contribution < 1.29 is 9.00 Å². The minimum Gasteiger partial charge on any atom is -0.325 e. The first-order valence-electron chi connectivity index (χ1n) is 6.80. The Morgan fingerprint density at radius 2 is 1.71 bits per heavy atom. The van der Waals surface area contributed by atoms with Gasteiger partial charge in [-0.25, -0.2) is 0 Å². The SMILES string of the molecule is Cc1ccc(NC(=O)CS(=O)Cc2ccccc2C)cc1. The highest BCUT2D eigenvalue weighted by Gasteiger charge is 2.10. The van der Waals surface area contributed by atoms with E-state index in [2.05, 4.69) is 5.32 Å². The van der Waals surface area contributed by atoms with Crippen molar-refractivity contribution >= 4 is 22.4 Å². The van der Waals surface area contributed by atoms with Crippen molar-refractivity contribution in [3.05, 3.63) is 65.2 Å². The van der Waals surface area contributed by atoms with Gasteiger partial charge in [-0.15, -0.1) is 0 Å². The molecule has 2 rings (SSSR count). The Bertz CT molecular complexity index is 650. The van der Waals surface area contributed by atoms with Crippen molar-refractivity contribution in [2.45, 2.75) is 19.6 Å². The van der Waals surface area contributed by atoms with Gasteiger partial charge in [0, 0.05) is 22.2 Å². The normalized spacial score (nSPS) is 11.9. The third kappa shape index (κ3) is 4.83. The van der Waals surface area contributed by atoms with Gasteiger partial charge in [0.25, 0.3) is 0 Å². The van der Waals surface area contributed by atoms with Gasteiger partial charge in [0.15, 0.2) is 0 Å². The fourth-order valence-electron chi connectivity index (χ4n) is 1.98. The van der Waals surface area contributed by atoms with Crippen molar-refractivity contribution in [3.63, 3.8) is 0 Å². The summed E-state index contributed by atoms with van der Waals surface area (Å²) in [5, 5.41) is 2.77. The van der Waals surface area contributed by atoms with Crippen molar-refractivity contribution in [1.82, 2.24) is 0 Å². The number of hydrogen-bond acceptors (Lipinski definition) is 2. The van der Waals surface area contributed by atoms with Crippen molar-refractivity contribution in [3.8, 4) is 0 Å². The largest absolute Gasteiger partial charge is 0.325 e. The van der Waals surface area contributed by atoms with E-state index < -0.39 is 10.8 Å². The minimum atomic E-state index is -1.20. The lowest BCUT2D eigenvalue weighted by Gasteiger charge is -2.07. The Hall–Kier alpha value is -1.94. The monoisotopic (exact) mass is 301 g/mol. The molecule has 110 valence electrons. The first-order chi connectivity index (χ1) is 10.0. The molecule has 0 bridgehead atoms. The molecule has 0 radical (unpaired) electrons. The second-order valence-electron chi connectivity index (χ2n) is 5.07. The summed E-state index contributed by atoms with van der Waals surface area (Å²) in [6.45, 7) is 3.97. The lowest BCUT2D eigenvalue weighted by Crippen LogP contribution is -2.20. The van der Waals surface area contributed by atoms with Crippen LogP contribution < -0.4 is 5.32 Å². The minimum absolute atomic E-state index is 0.0161. The third-order valence-electron chi connectivity index (χ3n) is 3.21. The van der Waals surface area contributed by atoms with Crippen LogP contribution in [0.4, 0.5) is 5.69 Å². The molecule has 1 unspecified atom stereocenters. The average molecular weight is 301 g/mol. The number of hydrogen-bond donors (Lipinski definition) is 1. The van der Waals surface area contributed by atoms with Crippen LogP contribution in [0.2, 0.25) is 0 Å². The molecule has 0 aromatic heterocycles. The van der Waals surface area contributed by atoms with Gasteiger partial charge in [0.2, 0.25) is 5.91 Å². The Labute approximate surface area is 127 Å². The number of nitrogens with one attached hydrogen (secondary N) is 1. The van der Waals surface area contributed by atoms with Crippen LogP contribution in [0.25, 0.3) is 0 Å². The zero-order chi connectivity index (χ0) is 15.2. The van der Waals surface area contributed by atoms with Crippen LogP contribution in [0.3, 0.4) is 0 Å². The van der Waals surface area contributed by atoms with Crippen LogP contribution in [0.15, 0.2) is 48.5 Å². The zero-order valence-corrected chi connectivity index (χ0v) is 13.1. The van der Waals surface area contributed by atoms with Gasteiger partial charge >= 0.3 is 0 Å². The second kappa shape index (κ2) is 7.18. The predicted molar refractivity (Wildman–Crippen MR) is 87.7 cm³/mol. The molecule has 0 fully saturated rings. The smallest absolute Gasteiger partial charge is 0.237 e. The molecule has 2 aromatic rings. The molecule has 1 N–H and O–H groups in total. The first-order valence-corrected chi connectivity index (χ1v) is 8.29. The second-order valence-corrected chi connectivity index (χ2v) is 6.53. The average Bonchev–Trinajstić information content (AvgIpc) is 2.44. The Morgan fingerprint density at radius 3 is 2.38 bits per heavy atom. The van der Waals surface area contributed by atoms with Gasteiger partial charge in [0.05, 0.1) is 0 Å². The molecule has 2 aromatic carbocycles. The lowest BCUT2D eigenvalue weighted by atomic mass is 10.1. The highest BCUT2D eigenvalue weighted by Crippen LogP contribution is 2.11. The van der Waals surface area contributed by atoms with Gasteiger partial charge < -0.3 is 5.32 Å². The van der Waals surface area contributed by atoms with Crippen LogP contribution in [0, 0.1) is 13.8 Å². The molecule has 1 atom stereocenters. The maximum absolute atomic E-state index is 12.1. The summed E-state index contributed by atoms with van der Waals surface area (Å²) in [7, 11) is -1.20. The van der Waals surface area contributed by atoms with Crippen molar-refractivity contribution in [1.29, 1.82) is 0 Å². The van der Waals surface area contributed by atoms with E-state index in [4.69, 9.17) is 0 Å². The van der Waals surface area contributed by atoms with Crippen LogP contribution in [0.1, 0.15) is 16.7 Å². The number of anilines is 1. The quantitative estimate of drug-likeness (QED) is 0.922. The molecule has 3 nitrogen and oxygen atoms in total. The highest BCUT2D eigenvalue weighted by molar-refractivity contribution is 7.84. The van der Waals surface area contributed by atoms with Crippen LogP contribution in [-0.2, 0) is 21.3 Å². The lowest BCUT2D eigenvalue weighted by molar-refractivity contribution is -0.113. The molecule has 0 saturated carbocycles. The number of rotatable bonds is 5. The van der Waals surface area contributed by atoms with Gasteiger partial charge in [-0.3, -0.25) is 9.00 Å². The summed E-state index contributed by atoms with van der Waals surface area (Å²) < 4.78 is 12.1. The fourth-order valence-corrected chi connectivity index (χ4v) is 3.11. The number of carbonyl (C=O) groups excluding carboxylic acids is 1. The maximum atomic E-state index is 12.1. The van der Waals surface area contributed by atoms with Crippen LogP contribution in [-0.4, -0.2) is 15.9 Å². The molecule has 21 heavy (non-hydrogen) atoms. The molecule has 0 aliphatic rings. The summed E-state index contributed by atoms with van der Waals surface area (Å²) in [5.41, 5.74) is 4.00. The summed E-state index contributed by atoms with van der Waals surface area (Å²) in [5.74, 6) is 0.210. The van der Waals surface area contributed by atoms with E-state index in [9.17, 15) is 9.00 Å². The van der Waals surface area contributed by atoms with E-state index in [0.29, 0.717) is 5.75 Å². The van der Waals surface area contributed by atoms with E-state index >= 15 is 0 Å². The van der Waals surface area contributed by atoms with E-state index in [1.807, 2.05) is 62.4 Å². The molecule has 4 heteroatoms. The number of carbonyl (C=O) groups is 1. The van der Waals surface area contributed by atoms with Crippen molar-refractivity contribution in [2.75, 3.05) is 11.1 Å². The third-order valence-corrected chi connectivity index (χ3v) is 4.42. The molecule has 0 aliphatic carbocycles. The number of aryl methyl sites for hydroxylation is 2. The fraction of sp³-hybridized carbons (Fsp3) is 0.235. The highest BCUT2D eigenvalue weighted by atomic mass is 32.2. The Morgan fingerprint density at radius 1 is 1.05 bits per heavy atom. The van der Waals surface area contributed by atoms with Gasteiger partial charge in [-0.1, -0.05) is 42.0 Å². The topological polar surface area (TPSA) is 46.2 Å². The molecule has 0 saturated heterocycles.